The summed E-state index contributed by atoms with van der Waals surface area (Å²) in [7, 11) is 0. The number of hydrogen-bond acceptors (Lipinski definition) is 6. The minimum Gasteiger partial charge on any atom is -0.443 e. The fourth-order valence-corrected chi connectivity index (χ4v) is 7.99. The predicted octanol–water partition coefficient (Wildman–Crippen LogP) is 9.59. The van der Waals surface area contributed by atoms with E-state index in [-0.39, 0.29) is 22.7 Å². The Balaban J connectivity index is 1.70. The molecule has 0 fully saturated rings. The maximum atomic E-state index is 12.7. The van der Waals surface area contributed by atoms with Crippen LogP contribution in [0.15, 0.2) is 58.7 Å². The highest BCUT2D eigenvalue weighted by Gasteiger charge is 2.38. The fourth-order valence-electron chi connectivity index (χ4n) is 7.99. The number of carbonyl (C=O) groups is 2. The second-order valence-corrected chi connectivity index (χ2v) is 16.5. The fraction of sp³-hybridized carbons (Fsp3) is 0.524. The van der Waals surface area contributed by atoms with Crippen molar-refractivity contribution in [2.75, 3.05) is 0 Å². The summed E-state index contributed by atoms with van der Waals surface area (Å²) in [5.41, 5.74) is 12.7. The van der Waals surface area contributed by atoms with E-state index in [1.165, 1.54) is 0 Å². The number of aromatic nitrogens is 4. The van der Waals surface area contributed by atoms with E-state index in [1.807, 2.05) is 55.4 Å². The van der Waals surface area contributed by atoms with Crippen LogP contribution in [0.25, 0.3) is 0 Å². The quantitative estimate of drug-likeness (QED) is 0.0783. The van der Waals surface area contributed by atoms with Crippen molar-refractivity contribution >= 4 is 23.6 Å². The average molecular weight is 741 g/mol. The van der Waals surface area contributed by atoms with Crippen molar-refractivity contribution in [2.24, 2.45) is 10.2 Å². The van der Waals surface area contributed by atoms with Crippen LogP contribution in [0.4, 0.5) is 9.59 Å². The van der Waals surface area contributed by atoms with Crippen LogP contribution < -0.4 is 10.9 Å². The molecule has 0 radical (unpaired) electrons. The molecule has 0 spiro atoms. The van der Waals surface area contributed by atoms with Gasteiger partial charge in [0.05, 0.1) is 23.3 Å². The molecule has 1 aliphatic rings. The van der Waals surface area contributed by atoms with E-state index in [0.717, 1.165) is 71.2 Å². The highest BCUT2D eigenvalue weighted by atomic mass is 16.6. The summed E-state index contributed by atoms with van der Waals surface area (Å²) in [6.45, 7) is 23.6. The highest BCUT2D eigenvalue weighted by Crippen LogP contribution is 2.43. The van der Waals surface area contributed by atoms with Gasteiger partial charge in [0.25, 0.3) is 0 Å². The van der Waals surface area contributed by atoms with Crippen LogP contribution in [0.1, 0.15) is 166 Å². The number of hydrogen-bond donors (Lipinski definition) is 6. The number of fused-ring (bicyclic) bond motifs is 8. The van der Waals surface area contributed by atoms with Crippen LogP contribution in [0.2, 0.25) is 0 Å². The van der Waals surface area contributed by atoms with Gasteiger partial charge >= 0.3 is 12.2 Å². The summed E-state index contributed by atoms with van der Waals surface area (Å²) in [6, 6.07) is 17.2. The third-order valence-corrected chi connectivity index (χ3v) is 10.8. The zero-order chi connectivity index (χ0) is 39.6. The van der Waals surface area contributed by atoms with E-state index in [4.69, 9.17) is 9.47 Å². The topological polar surface area (TPSA) is 165 Å². The van der Waals surface area contributed by atoms with Crippen LogP contribution in [0.5, 0.6) is 0 Å². The lowest BCUT2D eigenvalue weighted by molar-refractivity contribution is 0.0517. The van der Waals surface area contributed by atoms with Crippen molar-refractivity contribution in [1.82, 2.24) is 30.8 Å². The molecule has 6 N–H and O–H groups in total. The normalized spacial score (nSPS) is 18.6. The molecule has 4 aromatic heterocycles. The second kappa shape index (κ2) is 15.4. The number of nitrogens with zero attached hydrogens (tertiary/aromatic N) is 2. The SMILES string of the molecule is CCC1(CC)c2ccc([nH]2)C(/C(C)=N/NC(=O)OC(C)(C)C)c2ccc([nH]2)C(CC)(CC)c2ccc([nH]2)C(/C(C)=N/NC(=O)OC(C)(C)C)c2ccc1[nH]2. The van der Waals surface area contributed by atoms with Gasteiger partial charge in [-0.05, 0) is 130 Å². The number of H-pyrrole nitrogens is 4. The average Bonchev–Trinajstić information content (AvgIpc) is 3.93. The van der Waals surface area contributed by atoms with E-state index in [9.17, 15) is 9.59 Å². The summed E-state index contributed by atoms with van der Waals surface area (Å²) < 4.78 is 11.0. The zero-order valence-electron chi connectivity index (χ0n) is 34.1. The number of ether oxygens (including phenoxy) is 2. The maximum Gasteiger partial charge on any atom is 0.428 e. The Kier molecular flexibility index (Phi) is 11.5. The summed E-state index contributed by atoms with van der Waals surface area (Å²) in [6.07, 6.45) is 2.10. The van der Waals surface area contributed by atoms with Crippen LogP contribution in [0.3, 0.4) is 0 Å². The lowest BCUT2D eigenvalue weighted by Crippen LogP contribution is -2.31. The minimum absolute atomic E-state index is 0.313. The first kappa shape index (κ1) is 40.2. The minimum atomic E-state index is -0.649. The second-order valence-electron chi connectivity index (χ2n) is 16.5. The molecule has 5 heterocycles. The molecule has 8 bridgehead atoms. The van der Waals surface area contributed by atoms with Crippen molar-refractivity contribution in [3.8, 4) is 0 Å². The molecule has 292 valence electrons. The molecule has 12 heteroatoms. The number of nitrogens with one attached hydrogen (secondary N) is 6. The molecule has 0 atom stereocenters. The Hall–Kier alpha value is -5.00. The van der Waals surface area contributed by atoms with Gasteiger partial charge in [0.1, 0.15) is 11.2 Å². The number of hydrazone groups is 2. The molecule has 0 saturated heterocycles. The molecule has 0 aromatic carbocycles. The van der Waals surface area contributed by atoms with E-state index in [0.29, 0.717) is 11.4 Å². The third kappa shape index (κ3) is 8.07. The Labute approximate surface area is 319 Å². The largest absolute Gasteiger partial charge is 0.443 e. The summed E-state index contributed by atoms with van der Waals surface area (Å²) in [4.78, 5) is 40.6. The van der Waals surface area contributed by atoms with Gasteiger partial charge in [-0.1, -0.05) is 27.7 Å². The molecular weight excluding hydrogens is 681 g/mol. The molecule has 0 aliphatic carbocycles. The summed E-state index contributed by atoms with van der Waals surface area (Å²) in [5, 5.41) is 9.13. The lowest BCUT2D eigenvalue weighted by atomic mass is 9.76. The van der Waals surface area contributed by atoms with Crippen LogP contribution in [0, 0.1) is 0 Å². The first-order valence-electron chi connectivity index (χ1n) is 19.2. The van der Waals surface area contributed by atoms with Gasteiger partial charge in [-0.15, -0.1) is 0 Å². The number of rotatable bonds is 8. The molecular formula is C42H60N8O4. The highest BCUT2D eigenvalue weighted by molar-refractivity contribution is 5.92. The van der Waals surface area contributed by atoms with Gasteiger partial charge in [0.15, 0.2) is 0 Å². The first-order valence-corrected chi connectivity index (χ1v) is 19.2. The molecule has 2 amide bonds. The summed E-state index contributed by atoms with van der Waals surface area (Å²) >= 11 is 0. The number of carbonyl (C=O) groups excluding carboxylic acids is 2. The molecule has 4 aromatic rings. The van der Waals surface area contributed by atoms with E-state index in [1.54, 1.807) is 0 Å². The van der Waals surface area contributed by atoms with Crippen molar-refractivity contribution in [2.45, 2.75) is 143 Å². The van der Waals surface area contributed by atoms with Gasteiger partial charge in [-0.25, -0.2) is 20.4 Å². The molecule has 1 aliphatic heterocycles. The standard InChI is InChI=1S/C42H60N8O4/c1-13-41(14-2)31-21-17-27(43-31)35(25(5)47-49-37(51)53-39(7,8)9)29-19-23-33(45-29)42(15-3,16-4)34-24-20-30(46-34)36(28-18-22-32(41)44-28)26(6)48-50-38(52)54-40(10,11)12/h17-24,35-36,43-46H,13-16H2,1-12H3,(H,49,51)(H,50,52)/b47-25+,48-26+. The molecule has 0 unspecified atom stereocenters. The smallest absolute Gasteiger partial charge is 0.428 e. The Morgan fingerprint density at radius 1 is 0.556 bits per heavy atom. The Morgan fingerprint density at radius 2 is 0.815 bits per heavy atom. The first-order chi connectivity index (χ1) is 25.4. The molecule has 54 heavy (non-hydrogen) atoms. The van der Waals surface area contributed by atoms with E-state index in [2.05, 4.69) is 117 Å². The van der Waals surface area contributed by atoms with Crippen LogP contribution >= 0.6 is 0 Å². The van der Waals surface area contributed by atoms with Crippen molar-refractivity contribution in [3.63, 3.8) is 0 Å². The molecule has 0 saturated carbocycles. The Morgan fingerprint density at radius 3 is 1.04 bits per heavy atom. The maximum absolute atomic E-state index is 12.7. The van der Waals surface area contributed by atoms with Gasteiger partial charge in [0, 0.05) is 56.4 Å². The van der Waals surface area contributed by atoms with Crippen molar-refractivity contribution in [1.29, 1.82) is 0 Å². The number of aromatic amines is 4. The van der Waals surface area contributed by atoms with Crippen LogP contribution in [-0.2, 0) is 20.3 Å². The van der Waals surface area contributed by atoms with Gasteiger partial charge in [0.2, 0.25) is 0 Å². The predicted molar refractivity (Wildman–Crippen MR) is 215 cm³/mol. The zero-order valence-corrected chi connectivity index (χ0v) is 34.1. The van der Waals surface area contributed by atoms with Gasteiger partial charge in [-0.3, -0.25) is 0 Å². The monoisotopic (exact) mass is 740 g/mol. The van der Waals surface area contributed by atoms with Gasteiger partial charge < -0.3 is 29.4 Å². The summed E-state index contributed by atoms with van der Waals surface area (Å²) in [5.74, 6) is -0.625. The Bertz CT molecular complexity index is 1750. The van der Waals surface area contributed by atoms with E-state index >= 15 is 0 Å². The lowest BCUT2D eigenvalue weighted by Gasteiger charge is -2.31. The van der Waals surface area contributed by atoms with Crippen molar-refractivity contribution in [3.05, 3.63) is 94.1 Å². The van der Waals surface area contributed by atoms with Crippen LogP contribution in [-0.4, -0.2) is 54.7 Å². The number of amides is 2. The molecule has 12 nitrogen and oxygen atoms in total. The van der Waals surface area contributed by atoms with E-state index < -0.39 is 23.4 Å². The molecule has 5 rings (SSSR count). The van der Waals surface area contributed by atoms with Gasteiger partial charge in [-0.2, -0.15) is 10.2 Å². The third-order valence-electron chi connectivity index (χ3n) is 10.8. The van der Waals surface area contributed by atoms with Crippen molar-refractivity contribution < 1.29 is 19.1 Å².